The van der Waals surface area contributed by atoms with Gasteiger partial charge in [-0.15, -0.1) is 0 Å². The molecule has 1 aromatic carbocycles. The number of amides is 1. The molecule has 1 rings (SSSR count). The first-order valence-corrected chi connectivity index (χ1v) is 8.30. The maximum Gasteiger partial charge on any atom is 0.327 e. The molecule has 1 aromatic rings. The highest BCUT2D eigenvalue weighted by atomic mass is 32.2. The van der Waals surface area contributed by atoms with Gasteiger partial charge >= 0.3 is 5.97 Å². The van der Waals surface area contributed by atoms with Crippen LogP contribution in [-0.2, 0) is 19.7 Å². The molecule has 0 aliphatic rings. The molecule has 8 heteroatoms. The van der Waals surface area contributed by atoms with E-state index in [0.717, 1.165) is 5.56 Å². The molecule has 122 valence electrons. The molecule has 0 saturated carbocycles. The van der Waals surface area contributed by atoms with Crippen molar-refractivity contribution < 1.29 is 27.7 Å². The average molecular weight is 329 g/mol. The Balaban J connectivity index is 2.91. The maximum atomic E-state index is 12.2. The molecule has 0 saturated heterocycles. The van der Waals surface area contributed by atoms with Crippen molar-refractivity contribution in [1.82, 2.24) is 5.32 Å². The van der Waals surface area contributed by atoms with Crippen LogP contribution in [0.2, 0.25) is 0 Å². The normalized spacial score (nSPS) is 14.1. The standard InChI is InChI=1S/C14H19NO6S/c1-3-11(10-6-4-9(2)5-7-10)13(16)15-12(14(17)18)8-22(19,20)21/h4-7,11-12H,3,8H2,1-2H3,(H,15,16)(H,17,18)(H,19,20,21)/t11?,12-/m0/s1. The second-order valence-electron chi connectivity index (χ2n) is 5.02. The molecule has 0 aromatic heterocycles. The van der Waals surface area contributed by atoms with Gasteiger partial charge in [-0.1, -0.05) is 36.8 Å². The summed E-state index contributed by atoms with van der Waals surface area (Å²) in [5.41, 5.74) is 1.73. The van der Waals surface area contributed by atoms with Crippen LogP contribution in [0.1, 0.15) is 30.4 Å². The Hall–Kier alpha value is -1.93. The van der Waals surface area contributed by atoms with Gasteiger partial charge < -0.3 is 10.4 Å². The van der Waals surface area contributed by atoms with Crippen molar-refractivity contribution in [2.24, 2.45) is 0 Å². The Morgan fingerprint density at radius 3 is 2.18 bits per heavy atom. The van der Waals surface area contributed by atoms with Crippen LogP contribution in [-0.4, -0.2) is 41.7 Å². The van der Waals surface area contributed by atoms with E-state index in [4.69, 9.17) is 9.66 Å². The lowest BCUT2D eigenvalue weighted by atomic mass is 9.94. The number of rotatable bonds is 7. The molecule has 0 aliphatic heterocycles. The van der Waals surface area contributed by atoms with E-state index in [0.29, 0.717) is 12.0 Å². The van der Waals surface area contributed by atoms with Crippen molar-refractivity contribution in [2.75, 3.05) is 5.75 Å². The van der Waals surface area contributed by atoms with E-state index in [2.05, 4.69) is 5.32 Å². The first-order chi connectivity index (χ1) is 10.1. The number of benzene rings is 1. The lowest BCUT2D eigenvalue weighted by molar-refractivity contribution is -0.141. The molecule has 3 N–H and O–H groups in total. The molecule has 0 fully saturated rings. The van der Waals surface area contributed by atoms with Crippen molar-refractivity contribution >= 4 is 22.0 Å². The molecule has 0 spiro atoms. The monoisotopic (exact) mass is 329 g/mol. The van der Waals surface area contributed by atoms with Crippen LogP contribution in [0.3, 0.4) is 0 Å². The number of carboxylic acids is 1. The maximum absolute atomic E-state index is 12.2. The van der Waals surface area contributed by atoms with E-state index in [1.165, 1.54) is 0 Å². The van der Waals surface area contributed by atoms with Crippen molar-refractivity contribution in [3.8, 4) is 0 Å². The number of carbonyl (C=O) groups is 2. The smallest absolute Gasteiger partial charge is 0.327 e. The van der Waals surface area contributed by atoms with E-state index in [1.54, 1.807) is 19.1 Å². The van der Waals surface area contributed by atoms with Crippen LogP contribution < -0.4 is 5.32 Å². The Kier molecular flexibility index (Phi) is 6.07. The number of carboxylic acid groups (broad SMARTS) is 1. The fraction of sp³-hybridized carbons (Fsp3) is 0.429. The number of hydrogen-bond acceptors (Lipinski definition) is 4. The van der Waals surface area contributed by atoms with Gasteiger partial charge in [0.05, 0.1) is 5.92 Å². The van der Waals surface area contributed by atoms with Crippen molar-refractivity contribution in [3.05, 3.63) is 35.4 Å². The molecule has 7 nitrogen and oxygen atoms in total. The van der Waals surface area contributed by atoms with Gasteiger partial charge in [0.25, 0.3) is 10.1 Å². The van der Waals surface area contributed by atoms with E-state index >= 15 is 0 Å². The number of hydrogen-bond donors (Lipinski definition) is 3. The molecule has 0 aliphatic carbocycles. The summed E-state index contributed by atoms with van der Waals surface area (Å²) in [4.78, 5) is 23.2. The molecular formula is C14H19NO6S. The van der Waals surface area contributed by atoms with E-state index < -0.39 is 39.7 Å². The molecular weight excluding hydrogens is 310 g/mol. The summed E-state index contributed by atoms with van der Waals surface area (Å²) in [5.74, 6) is -3.78. The Morgan fingerprint density at radius 1 is 1.23 bits per heavy atom. The lowest BCUT2D eigenvalue weighted by Crippen LogP contribution is -2.46. The molecule has 2 atom stereocenters. The van der Waals surface area contributed by atoms with Crippen LogP contribution >= 0.6 is 0 Å². The number of carbonyl (C=O) groups excluding carboxylic acids is 1. The third kappa shape index (κ3) is 5.45. The highest BCUT2D eigenvalue weighted by Crippen LogP contribution is 2.20. The lowest BCUT2D eigenvalue weighted by Gasteiger charge is -2.19. The molecule has 1 unspecified atom stereocenters. The van der Waals surface area contributed by atoms with Gasteiger partial charge in [0, 0.05) is 0 Å². The SMILES string of the molecule is CCC(C(=O)N[C@@H](CS(=O)(=O)O)C(=O)O)c1ccc(C)cc1. The summed E-state index contributed by atoms with van der Waals surface area (Å²) in [6.07, 6.45) is 0.424. The van der Waals surface area contributed by atoms with E-state index in [9.17, 15) is 18.0 Å². The quantitative estimate of drug-likeness (QED) is 0.640. The summed E-state index contributed by atoms with van der Waals surface area (Å²) in [5, 5.41) is 11.1. The topological polar surface area (TPSA) is 121 Å². The van der Waals surface area contributed by atoms with Gasteiger partial charge in [0.2, 0.25) is 5.91 Å². The third-order valence-electron chi connectivity index (χ3n) is 3.20. The minimum atomic E-state index is -4.51. The van der Waals surface area contributed by atoms with Crippen LogP contribution in [0, 0.1) is 6.92 Å². The second kappa shape index (κ2) is 7.37. The molecule has 0 bridgehead atoms. The highest BCUT2D eigenvalue weighted by Gasteiger charge is 2.28. The van der Waals surface area contributed by atoms with E-state index in [1.807, 2.05) is 19.1 Å². The van der Waals surface area contributed by atoms with Gasteiger partial charge in [-0.25, -0.2) is 4.79 Å². The highest BCUT2D eigenvalue weighted by molar-refractivity contribution is 7.85. The van der Waals surface area contributed by atoms with Crippen LogP contribution in [0.4, 0.5) is 0 Å². The minimum absolute atomic E-state index is 0.424. The zero-order valence-corrected chi connectivity index (χ0v) is 13.1. The van der Waals surface area contributed by atoms with Gasteiger partial charge in [-0.3, -0.25) is 9.35 Å². The largest absolute Gasteiger partial charge is 0.480 e. The Morgan fingerprint density at radius 2 is 1.77 bits per heavy atom. The van der Waals surface area contributed by atoms with Gasteiger partial charge in [0.1, 0.15) is 11.8 Å². The predicted octanol–water partition coefficient (Wildman–Crippen LogP) is 0.946. The summed E-state index contributed by atoms with van der Waals surface area (Å²) in [6, 6.07) is 5.50. The van der Waals surface area contributed by atoms with Crippen molar-refractivity contribution in [3.63, 3.8) is 0 Å². The third-order valence-corrected chi connectivity index (χ3v) is 3.95. The fourth-order valence-corrected chi connectivity index (χ4v) is 2.68. The number of aryl methyl sites for hydroxylation is 1. The first kappa shape index (κ1) is 18.1. The van der Waals surface area contributed by atoms with Crippen molar-refractivity contribution in [1.29, 1.82) is 0 Å². The minimum Gasteiger partial charge on any atom is -0.480 e. The predicted molar refractivity (Wildman–Crippen MR) is 80.2 cm³/mol. The zero-order chi connectivity index (χ0) is 16.9. The van der Waals surface area contributed by atoms with Gasteiger partial charge in [-0.05, 0) is 18.9 Å². The Bertz CT molecular complexity index is 638. The van der Waals surface area contributed by atoms with Crippen LogP contribution in [0.25, 0.3) is 0 Å². The van der Waals surface area contributed by atoms with E-state index in [-0.39, 0.29) is 0 Å². The summed E-state index contributed by atoms with van der Waals surface area (Å²) in [7, 11) is -4.51. The van der Waals surface area contributed by atoms with Gasteiger partial charge in [-0.2, -0.15) is 8.42 Å². The van der Waals surface area contributed by atoms with Crippen LogP contribution in [0.15, 0.2) is 24.3 Å². The molecule has 1 amide bonds. The fourth-order valence-electron chi connectivity index (χ4n) is 2.03. The zero-order valence-electron chi connectivity index (χ0n) is 12.3. The first-order valence-electron chi connectivity index (χ1n) is 6.69. The average Bonchev–Trinajstić information content (AvgIpc) is 2.39. The summed E-state index contributed by atoms with van der Waals surface area (Å²) >= 11 is 0. The molecule has 0 radical (unpaired) electrons. The molecule has 22 heavy (non-hydrogen) atoms. The number of aliphatic carboxylic acids is 1. The second-order valence-corrected chi connectivity index (χ2v) is 6.52. The molecule has 0 heterocycles. The van der Waals surface area contributed by atoms with Crippen molar-refractivity contribution in [2.45, 2.75) is 32.2 Å². The van der Waals surface area contributed by atoms with Gasteiger partial charge in [0.15, 0.2) is 0 Å². The van der Waals surface area contributed by atoms with Crippen LogP contribution in [0.5, 0.6) is 0 Å². The Labute approximate surface area is 129 Å². The summed E-state index contributed by atoms with van der Waals surface area (Å²) in [6.45, 7) is 3.67. The summed E-state index contributed by atoms with van der Waals surface area (Å²) < 4.78 is 30.4. The number of nitrogens with one attached hydrogen (secondary N) is 1.